The first-order valence-electron chi connectivity index (χ1n) is 10.0. The van der Waals surface area contributed by atoms with Gasteiger partial charge in [0.1, 0.15) is 5.01 Å². The van der Waals surface area contributed by atoms with Gasteiger partial charge in [0, 0.05) is 56.9 Å². The minimum absolute atomic E-state index is 0.158. The lowest BCUT2D eigenvalue weighted by Crippen LogP contribution is -2.77. The van der Waals surface area contributed by atoms with E-state index in [1.165, 1.54) is 10.6 Å². The van der Waals surface area contributed by atoms with Gasteiger partial charge in [-0.05, 0) is 18.4 Å². The number of hydrogen-bond donors (Lipinski definition) is 1. The third-order valence-corrected chi connectivity index (χ3v) is 7.19. The molecule has 0 radical (unpaired) electrons. The predicted octanol–water partition coefficient (Wildman–Crippen LogP) is 1.69. The molecule has 4 heterocycles. The smallest absolute Gasteiger partial charge is 0.107 e. The number of aliphatic hydroxyl groups is 1. The Balaban J connectivity index is 1.25. The van der Waals surface area contributed by atoms with Crippen LogP contribution in [-0.4, -0.2) is 81.7 Å². The van der Waals surface area contributed by atoms with E-state index in [9.17, 15) is 5.11 Å². The largest absolute Gasteiger partial charge is 0.392 e. The van der Waals surface area contributed by atoms with Gasteiger partial charge in [0.15, 0.2) is 0 Å². The number of likely N-dealkylation sites (tertiary alicyclic amines) is 1. The molecule has 27 heavy (non-hydrogen) atoms. The van der Waals surface area contributed by atoms with Crippen molar-refractivity contribution < 1.29 is 5.11 Å². The molecule has 1 aromatic heterocycles. The number of thiazole rings is 1. The van der Waals surface area contributed by atoms with E-state index in [1.807, 2.05) is 6.20 Å². The Bertz CT molecular complexity index is 747. The fourth-order valence-corrected chi connectivity index (χ4v) is 5.98. The fourth-order valence-electron chi connectivity index (χ4n) is 5.32. The number of fused-ring (bicyclic) bond motifs is 2. The fraction of sp³-hybridized carbons (Fsp3) is 0.571. The number of rotatable bonds is 5. The summed E-state index contributed by atoms with van der Waals surface area (Å²) in [6.07, 6.45) is 3.77. The summed E-state index contributed by atoms with van der Waals surface area (Å²) >= 11 is 1.74. The van der Waals surface area contributed by atoms with Gasteiger partial charge < -0.3 is 5.11 Å². The first-order chi connectivity index (χ1) is 13.2. The number of aliphatic hydroxyl groups excluding tert-OH is 1. The highest BCUT2D eigenvalue weighted by Crippen LogP contribution is 2.39. The highest BCUT2D eigenvalue weighted by molar-refractivity contribution is 7.09. The maximum Gasteiger partial charge on any atom is 0.107 e. The molecule has 2 aromatic rings. The molecule has 0 aliphatic carbocycles. The van der Waals surface area contributed by atoms with Crippen molar-refractivity contribution in [2.24, 2.45) is 0 Å². The summed E-state index contributed by atoms with van der Waals surface area (Å²) in [7, 11) is 0. The number of β-amino-alcohol motifs (C(OH)–C–C–N with tert-alkyl or cyclic N) is 1. The second-order valence-electron chi connectivity index (χ2n) is 8.46. The highest BCUT2D eigenvalue weighted by Gasteiger charge is 2.55. The number of aromatic nitrogens is 1. The lowest BCUT2D eigenvalue weighted by molar-refractivity contribution is -0.116. The number of hydrogen-bond acceptors (Lipinski definition) is 6. The van der Waals surface area contributed by atoms with E-state index in [2.05, 4.69) is 55.4 Å². The maximum absolute atomic E-state index is 10.3. The molecular weight excluding hydrogens is 356 g/mol. The van der Waals surface area contributed by atoms with Crippen LogP contribution >= 0.6 is 11.3 Å². The highest BCUT2D eigenvalue weighted by atomic mass is 32.1. The van der Waals surface area contributed by atoms with Crippen molar-refractivity contribution in [1.29, 1.82) is 0 Å². The molecule has 3 saturated heterocycles. The Labute approximate surface area is 165 Å². The van der Waals surface area contributed by atoms with E-state index >= 15 is 0 Å². The number of piperazine rings is 1. The molecule has 0 saturated carbocycles. The predicted molar refractivity (Wildman–Crippen MR) is 108 cm³/mol. The number of benzene rings is 1. The first-order valence-corrected chi connectivity index (χ1v) is 10.9. The zero-order valence-corrected chi connectivity index (χ0v) is 16.5. The van der Waals surface area contributed by atoms with E-state index in [0.717, 1.165) is 58.7 Å². The van der Waals surface area contributed by atoms with Crippen LogP contribution in [0.1, 0.15) is 17.0 Å². The van der Waals surface area contributed by atoms with Crippen LogP contribution in [0.4, 0.5) is 0 Å². The summed E-state index contributed by atoms with van der Waals surface area (Å²) in [6, 6.07) is 11.3. The van der Waals surface area contributed by atoms with Gasteiger partial charge in [0.2, 0.25) is 0 Å². The molecule has 5 rings (SSSR count). The Morgan fingerprint density at radius 3 is 2.70 bits per heavy atom. The van der Waals surface area contributed by atoms with Crippen LogP contribution < -0.4 is 0 Å². The number of nitrogens with zero attached hydrogens (tertiary/aromatic N) is 4. The summed E-state index contributed by atoms with van der Waals surface area (Å²) < 4.78 is 0. The van der Waals surface area contributed by atoms with Crippen molar-refractivity contribution in [3.63, 3.8) is 0 Å². The monoisotopic (exact) mass is 384 g/mol. The molecule has 0 amide bonds. The summed E-state index contributed by atoms with van der Waals surface area (Å²) in [5, 5.41) is 13.6. The van der Waals surface area contributed by atoms with Crippen LogP contribution in [0.25, 0.3) is 0 Å². The van der Waals surface area contributed by atoms with Gasteiger partial charge in [-0.1, -0.05) is 30.3 Å². The molecule has 144 valence electrons. The van der Waals surface area contributed by atoms with Gasteiger partial charge in [-0.25, -0.2) is 4.98 Å². The molecule has 5 nitrogen and oxygen atoms in total. The van der Waals surface area contributed by atoms with E-state index in [1.54, 1.807) is 11.3 Å². The van der Waals surface area contributed by atoms with Gasteiger partial charge in [-0.3, -0.25) is 14.7 Å². The van der Waals surface area contributed by atoms with Crippen LogP contribution in [-0.2, 0) is 13.0 Å². The second-order valence-corrected chi connectivity index (χ2v) is 9.44. The van der Waals surface area contributed by atoms with Crippen molar-refractivity contribution in [1.82, 2.24) is 19.7 Å². The quantitative estimate of drug-likeness (QED) is 0.850. The zero-order valence-electron chi connectivity index (χ0n) is 15.7. The van der Waals surface area contributed by atoms with E-state index in [4.69, 9.17) is 0 Å². The molecule has 2 atom stereocenters. The normalized spacial score (nSPS) is 28.3. The van der Waals surface area contributed by atoms with Crippen molar-refractivity contribution >= 4 is 11.3 Å². The van der Waals surface area contributed by atoms with Gasteiger partial charge in [-0.2, -0.15) is 0 Å². The Morgan fingerprint density at radius 2 is 1.93 bits per heavy atom. The lowest BCUT2D eigenvalue weighted by atomic mass is 9.83. The van der Waals surface area contributed by atoms with Crippen LogP contribution in [0.5, 0.6) is 0 Å². The molecule has 3 aliphatic rings. The molecule has 3 aliphatic heterocycles. The van der Waals surface area contributed by atoms with Gasteiger partial charge in [0.05, 0.1) is 18.2 Å². The van der Waals surface area contributed by atoms with Crippen molar-refractivity contribution in [3.8, 4) is 0 Å². The Kier molecular flexibility index (Phi) is 4.78. The van der Waals surface area contributed by atoms with Crippen LogP contribution in [0.15, 0.2) is 41.9 Å². The van der Waals surface area contributed by atoms with Gasteiger partial charge in [0.25, 0.3) is 0 Å². The summed E-state index contributed by atoms with van der Waals surface area (Å²) in [6.45, 7) is 7.33. The van der Waals surface area contributed by atoms with E-state index in [0.29, 0.717) is 6.04 Å². The van der Waals surface area contributed by atoms with Crippen LogP contribution in [0, 0.1) is 0 Å². The van der Waals surface area contributed by atoms with Crippen molar-refractivity contribution in [2.75, 3.05) is 39.3 Å². The standard InChI is InChI=1S/C21H28N4OS/c26-19-10-18-11-23(8-6-17-4-2-1-3-5-17)14-21(25(18)12-19)15-24(16-21)13-20-22-7-9-27-20/h1-5,7,9,18-19,26H,6,8,10-16H2/t18-,19+/m0/s1. The molecule has 1 spiro atoms. The SMILES string of the molecule is O[C@@H]1C[C@H]2CN(CCc3ccccc3)CC3(CN(Cc4nccs4)C3)N2C1. The minimum Gasteiger partial charge on any atom is -0.392 e. The summed E-state index contributed by atoms with van der Waals surface area (Å²) in [5.41, 5.74) is 1.63. The summed E-state index contributed by atoms with van der Waals surface area (Å²) in [4.78, 5) is 12.2. The second kappa shape index (κ2) is 7.26. The lowest BCUT2D eigenvalue weighted by Gasteiger charge is -2.61. The molecule has 6 heteroatoms. The minimum atomic E-state index is -0.158. The average molecular weight is 385 g/mol. The zero-order chi connectivity index (χ0) is 18.3. The van der Waals surface area contributed by atoms with E-state index < -0.39 is 0 Å². The van der Waals surface area contributed by atoms with Crippen LogP contribution in [0.2, 0.25) is 0 Å². The Hall–Kier alpha value is -1.31. The van der Waals surface area contributed by atoms with Crippen molar-refractivity contribution in [2.45, 2.75) is 37.1 Å². The van der Waals surface area contributed by atoms with Gasteiger partial charge in [-0.15, -0.1) is 11.3 Å². The Morgan fingerprint density at radius 1 is 1.11 bits per heavy atom. The van der Waals surface area contributed by atoms with Crippen molar-refractivity contribution in [3.05, 3.63) is 52.5 Å². The molecule has 0 bridgehead atoms. The molecule has 1 aromatic carbocycles. The van der Waals surface area contributed by atoms with Gasteiger partial charge >= 0.3 is 0 Å². The molecule has 3 fully saturated rings. The maximum atomic E-state index is 10.3. The molecule has 1 N–H and O–H groups in total. The van der Waals surface area contributed by atoms with E-state index in [-0.39, 0.29) is 11.6 Å². The van der Waals surface area contributed by atoms with Crippen LogP contribution in [0.3, 0.4) is 0 Å². The third-order valence-electron chi connectivity index (χ3n) is 6.43. The molecular formula is C21H28N4OS. The topological polar surface area (TPSA) is 42.8 Å². The average Bonchev–Trinajstić information content (AvgIpc) is 3.28. The summed E-state index contributed by atoms with van der Waals surface area (Å²) in [5.74, 6) is 0. The first kappa shape index (κ1) is 17.8. The molecule has 0 unspecified atom stereocenters. The third kappa shape index (κ3) is 3.57.